The largest absolute Gasteiger partial charge is 0.497 e. The van der Waals surface area contributed by atoms with E-state index in [4.69, 9.17) is 9.47 Å². The summed E-state index contributed by atoms with van der Waals surface area (Å²) in [6, 6.07) is 16.8. The van der Waals surface area contributed by atoms with Crippen molar-refractivity contribution in [3.8, 4) is 11.5 Å². The number of ether oxygens (including phenoxy) is 2. The van der Waals surface area contributed by atoms with Gasteiger partial charge in [-0.3, -0.25) is 9.59 Å². The number of rotatable bonds is 6. The molecule has 0 radical (unpaired) electrons. The highest BCUT2D eigenvalue weighted by atomic mass is 16.5. The van der Waals surface area contributed by atoms with Crippen LogP contribution in [0.15, 0.2) is 60.3 Å². The molecule has 3 aromatic rings. The lowest BCUT2D eigenvalue weighted by atomic mass is 9.97. The van der Waals surface area contributed by atoms with Crippen LogP contribution in [0.4, 0.5) is 11.4 Å². The molecule has 3 aromatic carbocycles. The van der Waals surface area contributed by atoms with Crippen molar-refractivity contribution >= 4 is 28.8 Å². The van der Waals surface area contributed by atoms with E-state index < -0.39 is 5.91 Å². The molecule has 0 saturated heterocycles. The maximum atomic E-state index is 13.8. The van der Waals surface area contributed by atoms with Gasteiger partial charge in [0.15, 0.2) is 0 Å². The molecule has 0 aromatic heterocycles. The second-order valence-corrected chi connectivity index (χ2v) is 8.53. The smallest absolute Gasteiger partial charge is 0.282 e. The summed E-state index contributed by atoms with van der Waals surface area (Å²) in [6.45, 7) is 7.82. The number of hydrogen-bond donors (Lipinski definition) is 1. The number of imide groups is 1. The monoisotopic (exact) mass is 456 g/mol. The fourth-order valence-electron chi connectivity index (χ4n) is 4.29. The molecule has 1 heterocycles. The zero-order valence-corrected chi connectivity index (χ0v) is 20.3. The first-order valence-corrected chi connectivity index (χ1v) is 11.0. The lowest BCUT2D eigenvalue weighted by Crippen LogP contribution is -2.33. The molecular weight excluding hydrogens is 428 g/mol. The molecule has 0 saturated carbocycles. The van der Waals surface area contributed by atoms with E-state index in [1.54, 1.807) is 32.4 Å². The van der Waals surface area contributed by atoms with E-state index in [0.717, 1.165) is 22.3 Å². The van der Waals surface area contributed by atoms with Gasteiger partial charge in [0.25, 0.3) is 11.8 Å². The first-order valence-electron chi connectivity index (χ1n) is 11.0. The molecule has 0 aliphatic carbocycles. The Hall–Kier alpha value is -4.06. The van der Waals surface area contributed by atoms with Gasteiger partial charge in [-0.25, -0.2) is 4.90 Å². The van der Waals surface area contributed by atoms with Crippen LogP contribution in [0.3, 0.4) is 0 Å². The summed E-state index contributed by atoms with van der Waals surface area (Å²) >= 11 is 0. The van der Waals surface area contributed by atoms with Crippen molar-refractivity contribution < 1.29 is 19.1 Å². The first-order chi connectivity index (χ1) is 16.2. The fraction of sp³-hybridized carbons (Fsp3) is 0.214. The number of anilines is 2. The van der Waals surface area contributed by atoms with Gasteiger partial charge in [0.1, 0.15) is 17.2 Å². The van der Waals surface area contributed by atoms with Gasteiger partial charge in [0.2, 0.25) is 0 Å². The van der Waals surface area contributed by atoms with E-state index in [1.807, 2.05) is 64.1 Å². The van der Waals surface area contributed by atoms with Crippen LogP contribution < -0.4 is 19.7 Å². The van der Waals surface area contributed by atoms with Crippen LogP contribution in [0, 0.1) is 27.7 Å². The number of carbonyl (C=O) groups is 2. The Morgan fingerprint density at radius 1 is 0.706 bits per heavy atom. The number of carbonyl (C=O) groups excluding carboxylic acids is 2. The zero-order valence-electron chi connectivity index (χ0n) is 20.3. The molecule has 4 rings (SSSR count). The minimum absolute atomic E-state index is 0.215. The minimum atomic E-state index is -0.409. The highest BCUT2D eigenvalue weighted by molar-refractivity contribution is 6.46. The lowest BCUT2D eigenvalue weighted by molar-refractivity contribution is -0.120. The molecule has 174 valence electrons. The number of benzene rings is 3. The summed E-state index contributed by atoms with van der Waals surface area (Å²) in [6.07, 6.45) is 0. The second-order valence-electron chi connectivity index (χ2n) is 8.53. The number of nitrogens with one attached hydrogen (secondary N) is 1. The Labute approximate surface area is 199 Å². The Bertz CT molecular complexity index is 1320. The predicted octanol–water partition coefficient (Wildman–Crippen LogP) is 5.33. The highest BCUT2D eigenvalue weighted by Gasteiger charge is 2.41. The Kier molecular flexibility index (Phi) is 6.16. The topological polar surface area (TPSA) is 67.9 Å². The molecule has 6 heteroatoms. The summed E-state index contributed by atoms with van der Waals surface area (Å²) in [5, 5.41) is 3.20. The molecule has 0 atom stereocenters. The summed E-state index contributed by atoms with van der Waals surface area (Å²) in [7, 11) is 3.12. The van der Waals surface area contributed by atoms with Crippen LogP contribution in [0.5, 0.6) is 11.5 Å². The third kappa shape index (κ3) is 4.15. The lowest BCUT2D eigenvalue weighted by Gasteiger charge is -2.18. The number of methoxy groups -OCH3 is 2. The van der Waals surface area contributed by atoms with Crippen molar-refractivity contribution in [3.05, 3.63) is 88.1 Å². The van der Waals surface area contributed by atoms with Gasteiger partial charge >= 0.3 is 0 Å². The third-order valence-corrected chi connectivity index (χ3v) is 5.95. The molecule has 0 fully saturated rings. The van der Waals surface area contributed by atoms with Crippen LogP contribution in [0.1, 0.15) is 27.8 Å². The normalized spacial score (nSPS) is 13.5. The maximum absolute atomic E-state index is 13.8. The average molecular weight is 457 g/mol. The van der Waals surface area contributed by atoms with Gasteiger partial charge in [0.05, 0.1) is 25.5 Å². The molecule has 0 unspecified atom stereocenters. The van der Waals surface area contributed by atoms with Gasteiger partial charge in [-0.05, 0) is 50.5 Å². The molecule has 34 heavy (non-hydrogen) atoms. The van der Waals surface area contributed by atoms with Gasteiger partial charge in [-0.1, -0.05) is 41.5 Å². The molecule has 0 bridgehead atoms. The molecule has 0 spiro atoms. The SMILES string of the molecule is COc1cc(NC2=C(c3ccc(C)cc3C)C(=O)N(c3ccc(C)cc3C)C2=O)cc(OC)c1. The van der Waals surface area contributed by atoms with Crippen LogP contribution in [-0.4, -0.2) is 26.0 Å². The van der Waals surface area contributed by atoms with E-state index in [-0.39, 0.29) is 11.6 Å². The highest BCUT2D eigenvalue weighted by Crippen LogP contribution is 2.37. The number of amides is 2. The van der Waals surface area contributed by atoms with Crippen molar-refractivity contribution in [2.45, 2.75) is 27.7 Å². The number of aryl methyl sites for hydroxylation is 4. The van der Waals surface area contributed by atoms with Crippen LogP contribution in [0.25, 0.3) is 5.57 Å². The Morgan fingerprint density at radius 2 is 1.29 bits per heavy atom. The minimum Gasteiger partial charge on any atom is -0.497 e. The quantitative estimate of drug-likeness (QED) is 0.508. The van der Waals surface area contributed by atoms with Crippen LogP contribution in [0.2, 0.25) is 0 Å². The number of hydrogen-bond acceptors (Lipinski definition) is 5. The Balaban J connectivity index is 1.88. The zero-order chi connectivity index (χ0) is 24.6. The molecule has 1 aliphatic heterocycles. The fourth-order valence-corrected chi connectivity index (χ4v) is 4.29. The summed E-state index contributed by atoms with van der Waals surface area (Å²) in [5.41, 5.74) is 6.33. The van der Waals surface area contributed by atoms with E-state index in [2.05, 4.69) is 5.32 Å². The van der Waals surface area contributed by atoms with Crippen molar-refractivity contribution in [1.29, 1.82) is 0 Å². The summed E-state index contributed by atoms with van der Waals surface area (Å²) in [4.78, 5) is 28.8. The molecule has 1 aliphatic rings. The van der Waals surface area contributed by atoms with E-state index in [9.17, 15) is 9.59 Å². The van der Waals surface area contributed by atoms with Crippen molar-refractivity contribution in [1.82, 2.24) is 0 Å². The van der Waals surface area contributed by atoms with Gasteiger partial charge in [-0.2, -0.15) is 0 Å². The van der Waals surface area contributed by atoms with Gasteiger partial charge in [-0.15, -0.1) is 0 Å². The van der Waals surface area contributed by atoms with Crippen molar-refractivity contribution in [3.63, 3.8) is 0 Å². The summed E-state index contributed by atoms with van der Waals surface area (Å²) in [5.74, 6) is 0.368. The average Bonchev–Trinajstić information content (AvgIpc) is 3.03. The predicted molar refractivity (Wildman–Crippen MR) is 134 cm³/mol. The van der Waals surface area contributed by atoms with Crippen molar-refractivity contribution in [2.24, 2.45) is 0 Å². The van der Waals surface area contributed by atoms with E-state index >= 15 is 0 Å². The van der Waals surface area contributed by atoms with Crippen LogP contribution >= 0.6 is 0 Å². The second kappa shape index (κ2) is 9.06. The Morgan fingerprint density at radius 3 is 1.85 bits per heavy atom. The van der Waals surface area contributed by atoms with E-state index in [1.165, 1.54) is 4.90 Å². The molecule has 2 amide bonds. The standard InChI is InChI=1S/C28H28N2O4/c1-16-7-9-23(18(3)11-16)25-26(29-20-13-21(33-5)15-22(14-20)34-6)28(32)30(27(25)31)24-10-8-17(2)12-19(24)4/h7-15,29H,1-6H3. The van der Waals surface area contributed by atoms with E-state index in [0.29, 0.717) is 34.0 Å². The van der Waals surface area contributed by atoms with Crippen molar-refractivity contribution in [2.75, 3.05) is 24.4 Å². The van der Waals surface area contributed by atoms with Gasteiger partial charge < -0.3 is 14.8 Å². The molecule has 1 N–H and O–H groups in total. The molecular formula is C28H28N2O4. The maximum Gasteiger partial charge on any atom is 0.282 e. The van der Waals surface area contributed by atoms with Gasteiger partial charge in [0, 0.05) is 23.9 Å². The third-order valence-electron chi connectivity index (χ3n) is 5.95. The van der Waals surface area contributed by atoms with Crippen LogP contribution in [-0.2, 0) is 9.59 Å². The molecule has 6 nitrogen and oxygen atoms in total. The summed E-state index contributed by atoms with van der Waals surface area (Å²) < 4.78 is 10.7. The number of nitrogens with zero attached hydrogens (tertiary/aromatic N) is 1. The first kappa shape index (κ1) is 23.1.